The Labute approximate surface area is 100 Å². The summed E-state index contributed by atoms with van der Waals surface area (Å²) in [4.78, 5) is 14.0. The van der Waals surface area contributed by atoms with Gasteiger partial charge in [0, 0.05) is 25.0 Å². The summed E-state index contributed by atoms with van der Waals surface area (Å²) in [6.07, 6.45) is 3.84. The second-order valence-corrected chi connectivity index (χ2v) is 5.79. The molecule has 0 aromatic heterocycles. The average molecular weight is 278 g/mol. The van der Waals surface area contributed by atoms with Crippen LogP contribution in [0.5, 0.6) is 0 Å². The molecule has 0 N–H and O–H groups in total. The van der Waals surface area contributed by atoms with Crippen LogP contribution in [-0.2, 0) is 9.53 Å². The van der Waals surface area contributed by atoms with Crippen molar-refractivity contribution in [2.45, 2.75) is 43.5 Å². The molecule has 1 saturated heterocycles. The number of carbonyl (C=O) groups is 1. The summed E-state index contributed by atoms with van der Waals surface area (Å²) < 4.78 is 5.44. The van der Waals surface area contributed by atoms with E-state index in [4.69, 9.17) is 4.74 Å². The Kier molecular flexibility index (Phi) is 5.61. The lowest BCUT2D eigenvalue weighted by molar-refractivity contribution is -0.132. The van der Waals surface area contributed by atoms with E-state index in [1.54, 1.807) is 4.90 Å². The molecule has 4 heteroatoms. The number of hydrogen-bond acceptors (Lipinski definition) is 2. The number of nitrogens with zero attached hydrogens (tertiary/aromatic N) is 1. The van der Waals surface area contributed by atoms with E-state index in [0.29, 0.717) is 11.2 Å². The number of alkyl halides is 1. The molecule has 0 bridgehead atoms. The van der Waals surface area contributed by atoms with E-state index in [2.05, 4.69) is 22.9 Å². The van der Waals surface area contributed by atoms with E-state index in [1.165, 1.54) is 0 Å². The summed E-state index contributed by atoms with van der Waals surface area (Å²) >= 11 is 3.48. The molecule has 0 radical (unpaired) electrons. The van der Waals surface area contributed by atoms with Crippen molar-refractivity contribution >= 4 is 21.8 Å². The van der Waals surface area contributed by atoms with Gasteiger partial charge in [-0.3, -0.25) is 4.79 Å². The molecule has 3 nitrogen and oxygen atoms in total. The molecule has 1 amide bonds. The van der Waals surface area contributed by atoms with Crippen molar-refractivity contribution in [3.63, 3.8) is 0 Å². The molecule has 1 heterocycles. The first-order valence-corrected chi connectivity index (χ1v) is 6.51. The number of amides is 1. The van der Waals surface area contributed by atoms with Crippen molar-refractivity contribution in [3.8, 4) is 0 Å². The Morgan fingerprint density at radius 2 is 2.40 bits per heavy atom. The van der Waals surface area contributed by atoms with Crippen molar-refractivity contribution in [3.05, 3.63) is 0 Å². The quantitative estimate of drug-likeness (QED) is 0.721. The van der Waals surface area contributed by atoms with Gasteiger partial charge < -0.3 is 9.64 Å². The van der Waals surface area contributed by atoms with Gasteiger partial charge >= 0.3 is 0 Å². The number of rotatable bonds is 5. The van der Waals surface area contributed by atoms with Gasteiger partial charge in [-0.05, 0) is 19.3 Å². The van der Waals surface area contributed by atoms with Gasteiger partial charge in [0.15, 0.2) is 0 Å². The van der Waals surface area contributed by atoms with Crippen molar-refractivity contribution in [2.75, 3.05) is 20.2 Å². The molecule has 1 aliphatic heterocycles. The zero-order chi connectivity index (χ0) is 11.3. The highest BCUT2D eigenvalue weighted by atomic mass is 79.9. The third-order valence-electron chi connectivity index (χ3n) is 2.71. The molecule has 2 unspecified atom stereocenters. The second kappa shape index (κ2) is 6.48. The first kappa shape index (κ1) is 13.0. The van der Waals surface area contributed by atoms with Crippen molar-refractivity contribution in [1.82, 2.24) is 4.90 Å². The van der Waals surface area contributed by atoms with Crippen LogP contribution in [-0.4, -0.2) is 41.9 Å². The predicted molar refractivity (Wildman–Crippen MR) is 64.2 cm³/mol. The van der Waals surface area contributed by atoms with Gasteiger partial charge in [-0.1, -0.05) is 22.9 Å². The predicted octanol–water partition coefficient (Wildman–Crippen LogP) is 2.19. The van der Waals surface area contributed by atoms with Gasteiger partial charge in [0.1, 0.15) is 0 Å². The molecule has 1 aliphatic rings. The van der Waals surface area contributed by atoms with Crippen LogP contribution in [0.25, 0.3) is 0 Å². The Morgan fingerprint density at radius 1 is 1.67 bits per heavy atom. The Hall–Kier alpha value is -0.0900. The molecule has 1 rings (SSSR count). The third kappa shape index (κ3) is 4.98. The van der Waals surface area contributed by atoms with Crippen LogP contribution in [0, 0.1) is 0 Å². The molecule has 15 heavy (non-hydrogen) atoms. The summed E-state index contributed by atoms with van der Waals surface area (Å²) in [5.41, 5.74) is 0. The zero-order valence-corrected chi connectivity index (χ0v) is 11.1. The van der Waals surface area contributed by atoms with Crippen LogP contribution in [0.1, 0.15) is 32.6 Å². The summed E-state index contributed by atoms with van der Waals surface area (Å²) in [7, 11) is 1.87. The first-order chi connectivity index (χ1) is 7.09. The van der Waals surface area contributed by atoms with Crippen LogP contribution in [0.15, 0.2) is 0 Å². The molecular weight excluding hydrogens is 258 g/mol. The summed E-state index contributed by atoms with van der Waals surface area (Å²) in [6, 6.07) is 0. The minimum Gasteiger partial charge on any atom is -0.378 e. The van der Waals surface area contributed by atoms with Crippen molar-refractivity contribution < 1.29 is 9.53 Å². The maximum atomic E-state index is 11.7. The van der Waals surface area contributed by atoms with E-state index >= 15 is 0 Å². The number of carbonyl (C=O) groups excluding carboxylic acids is 1. The van der Waals surface area contributed by atoms with Crippen LogP contribution >= 0.6 is 15.9 Å². The van der Waals surface area contributed by atoms with Crippen LogP contribution in [0.2, 0.25) is 0 Å². The van der Waals surface area contributed by atoms with E-state index < -0.39 is 0 Å². The number of halogens is 1. The standard InChI is InChI=1S/C11H20BrNO2/c1-9(12)5-6-13(2)11(14)8-10-4-3-7-15-10/h9-10H,3-8H2,1-2H3. The Bertz CT molecular complexity index is 203. The minimum atomic E-state index is 0.168. The minimum absolute atomic E-state index is 0.168. The fourth-order valence-electron chi connectivity index (χ4n) is 1.65. The monoisotopic (exact) mass is 277 g/mol. The van der Waals surface area contributed by atoms with Crippen LogP contribution < -0.4 is 0 Å². The SMILES string of the molecule is CC(Br)CCN(C)C(=O)CC1CCCO1. The highest BCUT2D eigenvalue weighted by Crippen LogP contribution is 2.16. The van der Waals surface area contributed by atoms with Crippen LogP contribution in [0.3, 0.4) is 0 Å². The van der Waals surface area contributed by atoms with E-state index in [-0.39, 0.29) is 12.0 Å². The fraction of sp³-hybridized carbons (Fsp3) is 0.909. The van der Waals surface area contributed by atoms with Gasteiger partial charge in [-0.2, -0.15) is 0 Å². The average Bonchev–Trinajstić information content (AvgIpc) is 2.66. The number of hydrogen-bond donors (Lipinski definition) is 0. The Balaban J connectivity index is 2.20. The molecule has 0 saturated carbocycles. The maximum Gasteiger partial charge on any atom is 0.224 e. The molecule has 2 atom stereocenters. The normalized spacial score (nSPS) is 22.7. The van der Waals surface area contributed by atoms with Gasteiger partial charge in [0.25, 0.3) is 0 Å². The lowest BCUT2D eigenvalue weighted by atomic mass is 10.1. The lowest BCUT2D eigenvalue weighted by Crippen LogP contribution is -2.31. The summed E-state index contributed by atoms with van der Waals surface area (Å²) in [5.74, 6) is 0.204. The van der Waals surface area contributed by atoms with E-state index in [9.17, 15) is 4.79 Å². The van der Waals surface area contributed by atoms with E-state index in [1.807, 2.05) is 7.05 Å². The van der Waals surface area contributed by atoms with Crippen molar-refractivity contribution in [1.29, 1.82) is 0 Å². The molecule has 0 spiro atoms. The molecule has 1 fully saturated rings. The molecule has 0 aliphatic carbocycles. The largest absolute Gasteiger partial charge is 0.378 e. The number of ether oxygens (including phenoxy) is 1. The molecule has 0 aromatic carbocycles. The highest BCUT2D eigenvalue weighted by molar-refractivity contribution is 9.09. The molecule has 0 aromatic rings. The fourth-order valence-corrected chi connectivity index (χ4v) is 1.86. The highest BCUT2D eigenvalue weighted by Gasteiger charge is 2.20. The van der Waals surface area contributed by atoms with Crippen molar-refractivity contribution in [2.24, 2.45) is 0 Å². The van der Waals surface area contributed by atoms with Gasteiger partial charge in [0.05, 0.1) is 12.5 Å². The summed E-state index contributed by atoms with van der Waals surface area (Å²) in [6.45, 7) is 3.73. The van der Waals surface area contributed by atoms with Gasteiger partial charge in [-0.25, -0.2) is 0 Å². The molecular formula is C11H20BrNO2. The summed E-state index contributed by atoms with van der Waals surface area (Å²) in [5, 5.41) is 0. The lowest BCUT2D eigenvalue weighted by Gasteiger charge is -2.19. The van der Waals surface area contributed by atoms with Crippen LogP contribution in [0.4, 0.5) is 0 Å². The van der Waals surface area contributed by atoms with E-state index in [0.717, 1.165) is 32.4 Å². The maximum absolute atomic E-state index is 11.7. The van der Waals surface area contributed by atoms with Gasteiger partial charge in [0.2, 0.25) is 5.91 Å². The topological polar surface area (TPSA) is 29.5 Å². The van der Waals surface area contributed by atoms with Gasteiger partial charge in [-0.15, -0.1) is 0 Å². The second-order valence-electron chi connectivity index (χ2n) is 4.22. The third-order valence-corrected chi connectivity index (χ3v) is 3.17. The zero-order valence-electron chi connectivity index (χ0n) is 9.54. The molecule has 88 valence electrons. The Morgan fingerprint density at radius 3 is 2.93 bits per heavy atom. The smallest absolute Gasteiger partial charge is 0.224 e. The first-order valence-electron chi connectivity index (χ1n) is 5.59.